The van der Waals surface area contributed by atoms with Crippen LogP contribution in [0.5, 0.6) is 11.5 Å². The molecule has 0 radical (unpaired) electrons. The fourth-order valence-corrected chi connectivity index (χ4v) is 4.01. The maximum absolute atomic E-state index is 14.0. The lowest BCUT2D eigenvalue weighted by atomic mass is 9.94. The fraction of sp³-hybridized carbons (Fsp3) is 0.154. The van der Waals surface area contributed by atoms with Crippen molar-refractivity contribution in [1.82, 2.24) is 0 Å². The first-order chi connectivity index (χ1) is 15.8. The first kappa shape index (κ1) is 22.1. The summed E-state index contributed by atoms with van der Waals surface area (Å²) in [4.78, 5) is 27.8. The smallest absolute Gasteiger partial charge is 0.300 e. The van der Waals surface area contributed by atoms with Crippen LogP contribution in [0, 0.1) is 12.7 Å². The van der Waals surface area contributed by atoms with Crippen LogP contribution in [0.3, 0.4) is 0 Å². The number of carbonyl (C=O) groups is 2. The normalized spacial score (nSPS) is 17.3. The van der Waals surface area contributed by atoms with Crippen LogP contribution in [0.4, 0.5) is 10.1 Å². The number of aryl methyl sites for hydroxylation is 1. The molecule has 1 N–H and O–H groups in total. The lowest BCUT2D eigenvalue weighted by Crippen LogP contribution is -2.29. The van der Waals surface area contributed by atoms with Crippen molar-refractivity contribution in [2.45, 2.75) is 13.0 Å². The number of Topliss-reactive ketones (excluding diaryl/α,β-unsaturated/α-hetero) is 1. The molecule has 0 saturated carbocycles. The van der Waals surface area contributed by atoms with Gasteiger partial charge in [-0.15, -0.1) is 0 Å². The number of nitrogens with zero attached hydrogens (tertiary/aromatic N) is 1. The van der Waals surface area contributed by atoms with Crippen molar-refractivity contribution >= 4 is 23.1 Å². The molecular formula is C26H22FNO5. The predicted molar refractivity (Wildman–Crippen MR) is 122 cm³/mol. The number of halogens is 1. The van der Waals surface area contributed by atoms with Crippen molar-refractivity contribution in [3.8, 4) is 11.5 Å². The van der Waals surface area contributed by atoms with Crippen LogP contribution in [0.1, 0.15) is 22.7 Å². The van der Waals surface area contributed by atoms with Crippen molar-refractivity contribution in [3.63, 3.8) is 0 Å². The summed E-state index contributed by atoms with van der Waals surface area (Å²) in [6, 6.07) is 16.7. The third-order valence-corrected chi connectivity index (χ3v) is 5.55. The van der Waals surface area contributed by atoms with Gasteiger partial charge in [-0.25, -0.2) is 4.39 Å². The third-order valence-electron chi connectivity index (χ3n) is 5.55. The first-order valence-corrected chi connectivity index (χ1v) is 10.2. The van der Waals surface area contributed by atoms with Crippen molar-refractivity contribution < 1.29 is 28.6 Å². The number of hydrogen-bond acceptors (Lipinski definition) is 5. The Morgan fingerprint density at radius 3 is 2.42 bits per heavy atom. The molecule has 1 heterocycles. The minimum atomic E-state index is -0.963. The molecule has 168 valence electrons. The summed E-state index contributed by atoms with van der Waals surface area (Å²) in [6.45, 7) is 1.87. The first-order valence-electron chi connectivity index (χ1n) is 10.2. The molecule has 1 unspecified atom stereocenters. The Hall–Kier alpha value is -4.13. The van der Waals surface area contributed by atoms with Gasteiger partial charge in [0.2, 0.25) is 0 Å². The van der Waals surface area contributed by atoms with Crippen LogP contribution in [-0.2, 0) is 9.59 Å². The SMILES string of the molecule is COc1cccc(C2/C(=C(\O)c3cc(F)ccc3OC)C(=O)C(=O)N2c2cccc(C)c2)c1. The van der Waals surface area contributed by atoms with Crippen LogP contribution in [-0.4, -0.2) is 31.0 Å². The van der Waals surface area contributed by atoms with Crippen molar-refractivity contribution in [2.75, 3.05) is 19.1 Å². The number of aliphatic hydroxyl groups excluding tert-OH is 1. The fourth-order valence-electron chi connectivity index (χ4n) is 4.01. The Labute approximate surface area is 190 Å². The van der Waals surface area contributed by atoms with E-state index in [1.54, 1.807) is 42.5 Å². The molecule has 1 saturated heterocycles. The predicted octanol–water partition coefficient (Wildman–Crippen LogP) is 4.78. The average molecular weight is 447 g/mol. The molecule has 3 aromatic carbocycles. The Kier molecular flexibility index (Phi) is 5.87. The number of aliphatic hydroxyl groups is 1. The van der Waals surface area contributed by atoms with Crippen LogP contribution in [0.15, 0.2) is 72.3 Å². The van der Waals surface area contributed by atoms with Gasteiger partial charge in [-0.1, -0.05) is 24.3 Å². The maximum atomic E-state index is 14.0. The molecule has 1 atom stereocenters. The molecule has 1 fully saturated rings. The van der Waals surface area contributed by atoms with Crippen LogP contribution >= 0.6 is 0 Å². The van der Waals surface area contributed by atoms with E-state index in [-0.39, 0.29) is 16.9 Å². The number of rotatable bonds is 5. The largest absolute Gasteiger partial charge is 0.507 e. The van der Waals surface area contributed by atoms with Crippen molar-refractivity contribution in [2.24, 2.45) is 0 Å². The van der Waals surface area contributed by atoms with Crippen LogP contribution in [0.25, 0.3) is 5.76 Å². The average Bonchev–Trinajstić information content (AvgIpc) is 3.09. The zero-order valence-corrected chi connectivity index (χ0v) is 18.3. The highest BCUT2D eigenvalue weighted by molar-refractivity contribution is 6.51. The Balaban J connectivity index is 2.00. The van der Waals surface area contributed by atoms with Gasteiger partial charge in [0.15, 0.2) is 0 Å². The quantitative estimate of drug-likeness (QED) is 0.346. The Morgan fingerprint density at radius 1 is 0.970 bits per heavy atom. The summed E-state index contributed by atoms with van der Waals surface area (Å²) in [5.41, 5.74) is 1.75. The lowest BCUT2D eigenvalue weighted by Gasteiger charge is -2.26. The van der Waals surface area contributed by atoms with E-state index in [0.29, 0.717) is 17.0 Å². The zero-order chi connectivity index (χ0) is 23.7. The number of anilines is 1. The number of ketones is 1. The highest BCUT2D eigenvalue weighted by atomic mass is 19.1. The lowest BCUT2D eigenvalue weighted by molar-refractivity contribution is -0.132. The molecule has 1 aliphatic rings. The van der Waals surface area contributed by atoms with E-state index in [1.807, 2.05) is 13.0 Å². The molecular weight excluding hydrogens is 425 g/mol. The summed E-state index contributed by atoms with van der Waals surface area (Å²) in [5, 5.41) is 11.2. The molecule has 7 heteroatoms. The van der Waals surface area contributed by atoms with Crippen molar-refractivity contribution in [1.29, 1.82) is 0 Å². The Bertz CT molecular complexity index is 1280. The highest BCUT2D eigenvalue weighted by Gasteiger charge is 2.47. The van der Waals surface area contributed by atoms with E-state index in [0.717, 1.165) is 11.6 Å². The molecule has 0 aromatic heterocycles. The second-order valence-electron chi connectivity index (χ2n) is 7.63. The van der Waals surface area contributed by atoms with E-state index in [4.69, 9.17) is 9.47 Å². The molecule has 0 bridgehead atoms. The van der Waals surface area contributed by atoms with Crippen LogP contribution in [0.2, 0.25) is 0 Å². The minimum Gasteiger partial charge on any atom is -0.507 e. The minimum absolute atomic E-state index is 0.0207. The third kappa shape index (κ3) is 3.93. The molecule has 4 rings (SSSR count). The number of ether oxygens (including phenoxy) is 2. The number of amides is 1. The number of methoxy groups -OCH3 is 2. The molecule has 3 aromatic rings. The van der Waals surface area contributed by atoms with Gasteiger partial charge in [0.05, 0.1) is 31.4 Å². The molecule has 6 nitrogen and oxygen atoms in total. The second kappa shape index (κ2) is 8.78. The summed E-state index contributed by atoms with van der Waals surface area (Å²) >= 11 is 0. The van der Waals surface area contributed by atoms with E-state index in [2.05, 4.69) is 0 Å². The molecule has 0 aliphatic carbocycles. The van der Waals surface area contributed by atoms with E-state index in [1.165, 1.54) is 31.3 Å². The molecule has 1 aliphatic heterocycles. The van der Waals surface area contributed by atoms with E-state index < -0.39 is 29.3 Å². The number of carbonyl (C=O) groups excluding carboxylic acids is 2. The summed E-state index contributed by atoms with van der Waals surface area (Å²) < 4.78 is 24.6. The molecule has 0 spiro atoms. The second-order valence-corrected chi connectivity index (χ2v) is 7.63. The standard InChI is InChI=1S/C26H22FNO5/c1-15-6-4-8-18(12-15)28-23(16-7-5-9-19(13-16)32-2)22(25(30)26(28)31)24(29)20-14-17(27)10-11-21(20)33-3/h4-14,23,29H,1-3H3/b24-22+. The number of hydrogen-bond donors (Lipinski definition) is 1. The number of benzene rings is 3. The van der Waals surface area contributed by atoms with E-state index >= 15 is 0 Å². The summed E-state index contributed by atoms with van der Waals surface area (Å²) in [7, 11) is 2.88. The summed E-state index contributed by atoms with van der Waals surface area (Å²) in [5.74, 6) is -2.14. The van der Waals surface area contributed by atoms with Gasteiger partial charge in [-0.3, -0.25) is 14.5 Å². The topological polar surface area (TPSA) is 76.1 Å². The van der Waals surface area contributed by atoms with Gasteiger partial charge < -0.3 is 14.6 Å². The van der Waals surface area contributed by atoms with Gasteiger partial charge in [0, 0.05) is 5.69 Å². The highest BCUT2D eigenvalue weighted by Crippen LogP contribution is 2.44. The summed E-state index contributed by atoms with van der Waals surface area (Å²) in [6.07, 6.45) is 0. The Morgan fingerprint density at radius 2 is 1.73 bits per heavy atom. The van der Waals surface area contributed by atoms with Crippen LogP contribution < -0.4 is 14.4 Å². The molecule has 33 heavy (non-hydrogen) atoms. The molecule has 1 amide bonds. The van der Waals surface area contributed by atoms with Gasteiger partial charge in [-0.05, 0) is 60.5 Å². The van der Waals surface area contributed by atoms with E-state index in [9.17, 15) is 19.1 Å². The monoisotopic (exact) mass is 447 g/mol. The van der Waals surface area contributed by atoms with Crippen molar-refractivity contribution in [3.05, 3.63) is 94.8 Å². The zero-order valence-electron chi connectivity index (χ0n) is 18.3. The van der Waals surface area contributed by atoms with Gasteiger partial charge >= 0.3 is 0 Å². The maximum Gasteiger partial charge on any atom is 0.300 e. The van der Waals surface area contributed by atoms with Gasteiger partial charge in [-0.2, -0.15) is 0 Å². The van der Waals surface area contributed by atoms with Gasteiger partial charge in [0.25, 0.3) is 11.7 Å². The van der Waals surface area contributed by atoms with Gasteiger partial charge in [0.1, 0.15) is 23.1 Å².